The molecule has 5 nitrogen and oxygen atoms in total. The first-order valence-corrected chi connectivity index (χ1v) is 11.5. The van der Waals surface area contributed by atoms with Crippen LogP contribution in [0, 0.1) is 0 Å². The number of carbonyl (C=O) groups is 1. The average Bonchev–Trinajstić information content (AvgIpc) is 3.02. The van der Waals surface area contributed by atoms with Crippen LogP contribution >= 0.6 is 35.2 Å². The van der Waals surface area contributed by atoms with Crippen molar-refractivity contribution < 1.29 is 14.3 Å². The fourth-order valence-corrected chi connectivity index (χ4v) is 4.93. The minimum atomic E-state index is -0.466. The van der Waals surface area contributed by atoms with Gasteiger partial charge in [0.05, 0.1) is 19.2 Å². The zero-order valence-electron chi connectivity index (χ0n) is 18.0. The largest absolute Gasteiger partial charge is 0.496 e. The molecule has 3 rings (SSSR count). The monoisotopic (exact) mass is 466 g/mol. The van der Waals surface area contributed by atoms with Gasteiger partial charge in [-0.1, -0.05) is 44.6 Å². The van der Waals surface area contributed by atoms with E-state index in [-0.39, 0.29) is 11.4 Å². The molecule has 1 saturated carbocycles. The number of halogens is 1. The van der Waals surface area contributed by atoms with Gasteiger partial charge in [0.2, 0.25) is 0 Å². The van der Waals surface area contributed by atoms with Crippen LogP contribution in [0.4, 0.5) is 0 Å². The Morgan fingerprint density at radius 2 is 2.07 bits per heavy atom. The van der Waals surface area contributed by atoms with Gasteiger partial charge in [-0.2, -0.15) is 0 Å². The van der Waals surface area contributed by atoms with Crippen molar-refractivity contribution in [2.75, 3.05) is 7.11 Å². The molecule has 0 atom stereocenters. The van der Waals surface area contributed by atoms with Crippen molar-refractivity contribution in [3.05, 3.63) is 44.7 Å². The number of hydrogen-bond donors (Lipinski definition) is 0. The molecule has 1 fully saturated rings. The first kappa shape index (κ1) is 23.0. The van der Waals surface area contributed by atoms with E-state index in [0.29, 0.717) is 27.9 Å². The highest BCUT2D eigenvalue weighted by Gasteiger charge is 2.41. The molecule has 0 saturated heterocycles. The number of hydrogen-bond acceptors (Lipinski definition) is 5. The zero-order valence-corrected chi connectivity index (χ0v) is 20.3. The Bertz CT molecular complexity index is 1030. The van der Waals surface area contributed by atoms with Crippen molar-refractivity contribution in [2.24, 2.45) is 4.99 Å². The molecule has 0 aliphatic heterocycles. The van der Waals surface area contributed by atoms with Crippen molar-refractivity contribution in [2.45, 2.75) is 64.5 Å². The summed E-state index contributed by atoms with van der Waals surface area (Å²) in [7, 11) is 1.60. The highest BCUT2D eigenvalue weighted by molar-refractivity contribution is 7.80. The molecule has 8 heteroatoms. The normalized spacial score (nSPS) is 16.1. The third-order valence-corrected chi connectivity index (χ3v) is 7.12. The van der Waals surface area contributed by atoms with Crippen LogP contribution in [0.25, 0.3) is 0 Å². The second-order valence-electron chi connectivity index (χ2n) is 8.65. The van der Waals surface area contributed by atoms with Crippen molar-refractivity contribution >= 4 is 46.1 Å². The predicted octanol–water partition coefficient (Wildman–Crippen LogP) is 5.27. The number of ether oxygens (including phenoxy) is 2. The summed E-state index contributed by atoms with van der Waals surface area (Å²) in [6, 6.07) is 5.31. The van der Waals surface area contributed by atoms with E-state index in [1.54, 1.807) is 36.6 Å². The highest BCUT2D eigenvalue weighted by atomic mass is 35.5. The number of aromatic nitrogens is 1. The highest BCUT2D eigenvalue weighted by Crippen LogP contribution is 2.37. The van der Waals surface area contributed by atoms with Crippen molar-refractivity contribution in [3.8, 4) is 5.75 Å². The maximum atomic E-state index is 11.7. The molecule has 0 N–H and O–H groups in total. The molecule has 30 heavy (non-hydrogen) atoms. The number of esters is 1. The summed E-state index contributed by atoms with van der Waals surface area (Å²) in [5.74, 6) is 0.377. The van der Waals surface area contributed by atoms with E-state index in [1.807, 2.05) is 0 Å². The maximum Gasteiger partial charge on any atom is 0.303 e. The molecule has 0 radical (unpaired) electrons. The lowest BCUT2D eigenvalue weighted by atomic mass is 9.80. The van der Waals surface area contributed by atoms with Gasteiger partial charge in [-0.25, -0.2) is 4.99 Å². The molecule has 1 aromatic heterocycles. The lowest BCUT2D eigenvalue weighted by Gasteiger charge is -2.40. The van der Waals surface area contributed by atoms with Gasteiger partial charge in [0.15, 0.2) is 4.80 Å². The predicted molar refractivity (Wildman–Crippen MR) is 125 cm³/mol. The first-order chi connectivity index (χ1) is 14.0. The van der Waals surface area contributed by atoms with E-state index in [1.165, 1.54) is 11.8 Å². The van der Waals surface area contributed by atoms with E-state index in [4.69, 9.17) is 38.3 Å². The average molecular weight is 467 g/mol. The van der Waals surface area contributed by atoms with Crippen LogP contribution in [0.2, 0.25) is 5.02 Å². The number of thiocarbonyl (C=S) groups is 1. The van der Waals surface area contributed by atoms with E-state index < -0.39 is 5.60 Å². The number of thiazole rings is 1. The van der Waals surface area contributed by atoms with E-state index >= 15 is 0 Å². The second kappa shape index (κ2) is 8.81. The standard InChI is InChI=1S/C22H27ClN2O3S2/c1-14(26)28-22(9-6-10-22)13-25-12-18(21(2,3)4)30-20(25)24-19(29)16-11-15(23)7-8-17(16)27-5/h7-8,11-12H,6,9-10,13H2,1-5H3/b24-20-. The zero-order chi connectivity index (χ0) is 22.1. The molecule has 0 amide bonds. The van der Waals surface area contributed by atoms with Crippen LogP contribution < -0.4 is 9.54 Å². The summed E-state index contributed by atoms with van der Waals surface area (Å²) < 4.78 is 13.2. The van der Waals surface area contributed by atoms with Crippen LogP contribution in [0.5, 0.6) is 5.75 Å². The number of carbonyl (C=O) groups excluding carboxylic acids is 1. The Morgan fingerprint density at radius 1 is 1.37 bits per heavy atom. The molecule has 1 aliphatic carbocycles. The third-order valence-electron chi connectivity index (χ3n) is 5.13. The van der Waals surface area contributed by atoms with Crippen molar-refractivity contribution in [1.82, 2.24) is 4.57 Å². The third kappa shape index (κ3) is 5.13. The number of benzene rings is 1. The van der Waals surface area contributed by atoms with Gasteiger partial charge in [0.1, 0.15) is 16.3 Å². The Labute approximate surface area is 191 Å². The summed E-state index contributed by atoms with van der Waals surface area (Å²) >= 11 is 13.4. The van der Waals surface area contributed by atoms with E-state index in [2.05, 4.69) is 31.5 Å². The summed E-state index contributed by atoms with van der Waals surface area (Å²) in [4.78, 5) is 18.8. The molecule has 1 aliphatic rings. The Morgan fingerprint density at radius 3 is 2.60 bits per heavy atom. The van der Waals surface area contributed by atoms with Gasteiger partial charge in [-0.05, 0) is 42.9 Å². The number of nitrogens with zero attached hydrogens (tertiary/aromatic N) is 2. The maximum absolute atomic E-state index is 11.7. The topological polar surface area (TPSA) is 52.8 Å². The van der Waals surface area contributed by atoms with E-state index in [9.17, 15) is 4.79 Å². The van der Waals surface area contributed by atoms with E-state index in [0.717, 1.165) is 24.1 Å². The lowest BCUT2D eigenvalue weighted by molar-refractivity contribution is -0.169. The fourth-order valence-electron chi connectivity index (χ4n) is 3.40. The molecule has 0 unspecified atom stereocenters. The van der Waals surface area contributed by atoms with Gasteiger partial charge in [-0.15, -0.1) is 11.3 Å². The fraction of sp³-hybridized carbons (Fsp3) is 0.500. The Kier molecular flexibility index (Phi) is 6.75. The van der Waals surface area contributed by atoms with Crippen molar-refractivity contribution in [1.29, 1.82) is 0 Å². The first-order valence-electron chi connectivity index (χ1n) is 9.86. The number of rotatable bonds is 5. The molecule has 1 heterocycles. The molecule has 0 spiro atoms. The van der Waals surface area contributed by atoms with Crippen LogP contribution in [0.1, 0.15) is 57.4 Å². The summed E-state index contributed by atoms with van der Waals surface area (Å²) in [5.41, 5.74) is 0.173. The molecule has 0 bridgehead atoms. The molecule has 162 valence electrons. The lowest BCUT2D eigenvalue weighted by Crippen LogP contribution is -2.46. The van der Waals surface area contributed by atoms with Gasteiger partial charge in [-0.3, -0.25) is 4.79 Å². The molecule has 2 aromatic rings. The summed E-state index contributed by atoms with van der Waals surface area (Å²) in [6.07, 6.45) is 4.86. The second-order valence-corrected chi connectivity index (χ2v) is 10.5. The molecular formula is C22H27ClN2O3S2. The van der Waals surface area contributed by atoms with Gasteiger partial charge >= 0.3 is 5.97 Å². The molecule has 1 aromatic carbocycles. The van der Waals surface area contributed by atoms with Crippen LogP contribution in [0.3, 0.4) is 0 Å². The van der Waals surface area contributed by atoms with Crippen LogP contribution in [-0.2, 0) is 21.5 Å². The SMILES string of the molecule is COc1ccc(Cl)cc1C(=S)/N=c1\sc(C(C)(C)C)cn1CC1(OC(C)=O)CCC1. The summed E-state index contributed by atoms with van der Waals surface area (Å²) in [6.45, 7) is 8.52. The number of methoxy groups -OCH3 is 1. The van der Waals surface area contributed by atoms with Crippen molar-refractivity contribution in [3.63, 3.8) is 0 Å². The smallest absolute Gasteiger partial charge is 0.303 e. The quantitative estimate of drug-likeness (QED) is 0.445. The Hall–Kier alpha value is -1.70. The Balaban J connectivity index is 2.05. The minimum Gasteiger partial charge on any atom is -0.496 e. The van der Waals surface area contributed by atoms with Crippen LogP contribution in [-0.4, -0.2) is 28.2 Å². The van der Waals surface area contributed by atoms with Gasteiger partial charge in [0.25, 0.3) is 0 Å². The summed E-state index contributed by atoms with van der Waals surface area (Å²) in [5, 5.41) is 0.570. The molecular weight excluding hydrogens is 440 g/mol. The van der Waals surface area contributed by atoms with Crippen LogP contribution in [0.15, 0.2) is 29.4 Å². The van der Waals surface area contributed by atoms with Gasteiger partial charge in [0, 0.05) is 23.0 Å². The minimum absolute atomic E-state index is 0.0379. The van der Waals surface area contributed by atoms with Gasteiger partial charge < -0.3 is 14.0 Å².